The van der Waals surface area contributed by atoms with Crippen molar-refractivity contribution in [3.8, 4) is 0 Å². The summed E-state index contributed by atoms with van der Waals surface area (Å²) in [6.07, 6.45) is 1.52. The van der Waals surface area contributed by atoms with Crippen LogP contribution in [0.25, 0.3) is 10.8 Å². The van der Waals surface area contributed by atoms with Gasteiger partial charge in [-0.3, -0.25) is 0 Å². The summed E-state index contributed by atoms with van der Waals surface area (Å²) in [6, 6.07) is 10.4. The first kappa shape index (κ1) is 12.4. The van der Waals surface area contributed by atoms with Crippen molar-refractivity contribution in [3.63, 3.8) is 0 Å². The number of benzene rings is 1. The summed E-state index contributed by atoms with van der Waals surface area (Å²) >= 11 is 0. The third-order valence-corrected chi connectivity index (χ3v) is 3.87. The Morgan fingerprint density at radius 3 is 2.74 bits per heavy atom. The molecule has 4 heteroatoms. The number of hydrogen-bond acceptors (Lipinski definition) is 4. The monoisotopic (exact) mass is 257 g/mol. The third kappa shape index (κ3) is 2.17. The van der Waals surface area contributed by atoms with E-state index in [0.29, 0.717) is 6.54 Å². The fourth-order valence-corrected chi connectivity index (χ4v) is 2.81. The fraction of sp³-hybridized carbons (Fsp3) is 0.400. The van der Waals surface area contributed by atoms with Gasteiger partial charge in [-0.05, 0) is 25.5 Å². The molecule has 0 unspecified atom stereocenters. The molecule has 3 rings (SSSR count). The minimum absolute atomic E-state index is 0.167. The van der Waals surface area contributed by atoms with Gasteiger partial charge in [-0.25, -0.2) is 4.98 Å². The van der Waals surface area contributed by atoms with Crippen molar-refractivity contribution in [1.82, 2.24) is 9.88 Å². The Morgan fingerprint density at radius 2 is 2.00 bits per heavy atom. The van der Waals surface area contributed by atoms with Gasteiger partial charge in [0.1, 0.15) is 5.82 Å². The molecule has 0 spiro atoms. The minimum Gasteiger partial charge on any atom is -0.390 e. The zero-order valence-corrected chi connectivity index (χ0v) is 11.3. The van der Waals surface area contributed by atoms with Gasteiger partial charge < -0.3 is 14.9 Å². The maximum absolute atomic E-state index is 10.2. The third-order valence-electron chi connectivity index (χ3n) is 3.87. The van der Waals surface area contributed by atoms with Crippen LogP contribution in [0.15, 0.2) is 36.5 Å². The van der Waals surface area contributed by atoms with E-state index in [0.717, 1.165) is 17.7 Å². The first-order valence-electron chi connectivity index (χ1n) is 6.60. The lowest BCUT2D eigenvalue weighted by atomic mass is 10.1. The van der Waals surface area contributed by atoms with Gasteiger partial charge in [0.15, 0.2) is 0 Å². The molecular formula is C15H19N3O. The van der Waals surface area contributed by atoms with E-state index in [9.17, 15) is 5.11 Å². The molecule has 19 heavy (non-hydrogen) atoms. The van der Waals surface area contributed by atoms with E-state index in [2.05, 4.69) is 26.9 Å². The number of aliphatic hydroxyl groups is 1. The van der Waals surface area contributed by atoms with Crippen molar-refractivity contribution in [2.24, 2.45) is 0 Å². The molecule has 0 aliphatic carbocycles. The molecule has 1 aliphatic rings. The van der Waals surface area contributed by atoms with Crippen LogP contribution in [0.5, 0.6) is 0 Å². The molecule has 0 bridgehead atoms. The molecule has 2 atom stereocenters. The van der Waals surface area contributed by atoms with Gasteiger partial charge in [0.2, 0.25) is 0 Å². The lowest BCUT2D eigenvalue weighted by molar-refractivity contribution is 0.114. The van der Waals surface area contributed by atoms with Gasteiger partial charge in [0.25, 0.3) is 0 Å². The SMILES string of the molecule is CN(C)[C@H]1CN(c2nccc3ccccc23)C[C@@H]1O. The van der Waals surface area contributed by atoms with Crippen LogP contribution in [0, 0.1) is 0 Å². The molecule has 0 amide bonds. The van der Waals surface area contributed by atoms with Crippen LogP contribution in [-0.2, 0) is 0 Å². The number of pyridine rings is 1. The number of likely N-dealkylation sites (N-methyl/N-ethyl adjacent to an activating group) is 1. The largest absolute Gasteiger partial charge is 0.390 e. The van der Waals surface area contributed by atoms with E-state index in [4.69, 9.17) is 0 Å². The van der Waals surface area contributed by atoms with Crippen LogP contribution < -0.4 is 4.90 Å². The van der Waals surface area contributed by atoms with Crippen molar-refractivity contribution in [1.29, 1.82) is 0 Å². The zero-order chi connectivity index (χ0) is 13.4. The molecule has 2 aromatic rings. The summed E-state index contributed by atoms with van der Waals surface area (Å²) in [6.45, 7) is 1.46. The summed E-state index contributed by atoms with van der Waals surface area (Å²) in [5.74, 6) is 0.974. The second kappa shape index (κ2) is 4.79. The number of aromatic nitrogens is 1. The molecule has 1 N–H and O–H groups in total. The van der Waals surface area contributed by atoms with Crippen molar-refractivity contribution >= 4 is 16.6 Å². The molecular weight excluding hydrogens is 238 g/mol. The highest BCUT2D eigenvalue weighted by Gasteiger charge is 2.33. The lowest BCUT2D eigenvalue weighted by Crippen LogP contribution is -2.38. The predicted molar refractivity (Wildman–Crippen MR) is 77.4 cm³/mol. The van der Waals surface area contributed by atoms with E-state index in [1.165, 1.54) is 5.39 Å². The molecule has 1 aromatic heterocycles. The Kier molecular flexibility index (Phi) is 3.12. The molecule has 1 aliphatic heterocycles. The molecule has 0 radical (unpaired) electrons. The molecule has 100 valence electrons. The van der Waals surface area contributed by atoms with Crippen molar-refractivity contribution in [3.05, 3.63) is 36.5 Å². The summed E-state index contributed by atoms with van der Waals surface area (Å²) < 4.78 is 0. The van der Waals surface area contributed by atoms with Gasteiger partial charge in [0.05, 0.1) is 12.1 Å². The summed E-state index contributed by atoms with van der Waals surface area (Å²) in [5, 5.41) is 12.5. The first-order chi connectivity index (χ1) is 9.16. The number of β-amino-alcohol motifs (C(OH)–C–C–N with tert-alkyl or cyclic N) is 1. The summed E-state index contributed by atoms with van der Waals surface area (Å²) in [4.78, 5) is 8.77. The molecule has 4 nitrogen and oxygen atoms in total. The van der Waals surface area contributed by atoms with Crippen LogP contribution in [0.2, 0.25) is 0 Å². The van der Waals surface area contributed by atoms with Gasteiger partial charge >= 0.3 is 0 Å². The Labute approximate surface area is 113 Å². The Morgan fingerprint density at radius 1 is 1.21 bits per heavy atom. The second-order valence-electron chi connectivity index (χ2n) is 5.36. The van der Waals surface area contributed by atoms with Gasteiger partial charge in [-0.15, -0.1) is 0 Å². The Hall–Kier alpha value is -1.65. The average Bonchev–Trinajstić information content (AvgIpc) is 2.80. The van der Waals surface area contributed by atoms with Crippen LogP contribution in [0.3, 0.4) is 0 Å². The summed E-state index contributed by atoms with van der Waals surface area (Å²) in [7, 11) is 4.02. The standard InChI is InChI=1S/C15H19N3O/c1-17(2)13-9-18(10-14(13)19)15-12-6-4-3-5-11(12)7-8-16-15/h3-8,13-14,19H,9-10H2,1-2H3/t13-,14-/m0/s1. The quantitative estimate of drug-likeness (QED) is 0.881. The molecule has 1 saturated heterocycles. The number of fused-ring (bicyclic) bond motifs is 1. The van der Waals surface area contributed by atoms with E-state index in [1.807, 2.05) is 38.5 Å². The average molecular weight is 257 g/mol. The first-order valence-corrected chi connectivity index (χ1v) is 6.60. The number of nitrogens with zero attached hydrogens (tertiary/aromatic N) is 3. The maximum Gasteiger partial charge on any atom is 0.136 e. The topological polar surface area (TPSA) is 39.6 Å². The van der Waals surface area contributed by atoms with Crippen LogP contribution >= 0.6 is 0 Å². The van der Waals surface area contributed by atoms with Gasteiger partial charge in [0, 0.05) is 24.7 Å². The smallest absolute Gasteiger partial charge is 0.136 e. The minimum atomic E-state index is -0.323. The highest BCUT2D eigenvalue weighted by atomic mass is 16.3. The van der Waals surface area contributed by atoms with Crippen LogP contribution in [0.4, 0.5) is 5.82 Å². The van der Waals surface area contributed by atoms with E-state index in [-0.39, 0.29) is 12.1 Å². The van der Waals surface area contributed by atoms with E-state index in [1.54, 1.807) is 0 Å². The van der Waals surface area contributed by atoms with Gasteiger partial charge in [-0.2, -0.15) is 0 Å². The number of anilines is 1. The van der Waals surface area contributed by atoms with Crippen molar-refractivity contribution in [2.75, 3.05) is 32.1 Å². The second-order valence-corrected chi connectivity index (χ2v) is 5.36. The van der Waals surface area contributed by atoms with E-state index < -0.39 is 0 Å². The molecule has 1 aromatic carbocycles. The number of rotatable bonds is 2. The fourth-order valence-electron chi connectivity index (χ4n) is 2.81. The molecule has 2 heterocycles. The van der Waals surface area contributed by atoms with Crippen LogP contribution in [-0.4, -0.2) is 54.3 Å². The summed E-state index contributed by atoms with van der Waals surface area (Å²) in [5.41, 5.74) is 0. The highest BCUT2D eigenvalue weighted by Crippen LogP contribution is 2.27. The van der Waals surface area contributed by atoms with E-state index >= 15 is 0 Å². The van der Waals surface area contributed by atoms with Gasteiger partial charge in [-0.1, -0.05) is 24.3 Å². The normalized spacial score (nSPS) is 23.5. The molecule has 1 fully saturated rings. The lowest BCUT2D eigenvalue weighted by Gasteiger charge is -2.22. The van der Waals surface area contributed by atoms with Crippen molar-refractivity contribution in [2.45, 2.75) is 12.1 Å². The maximum atomic E-state index is 10.2. The number of aliphatic hydroxyl groups excluding tert-OH is 1. The Bertz CT molecular complexity index is 579. The number of hydrogen-bond donors (Lipinski definition) is 1. The highest BCUT2D eigenvalue weighted by molar-refractivity contribution is 5.92. The van der Waals surface area contributed by atoms with Crippen LogP contribution in [0.1, 0.15) is 0 Å². The Balaban J connectivity index is 1.98. The molecule has 0 saturated carbocycles. The zero-order valence-electron chi connectivity index (χ0n) is 11.3. The van der Waals surface area contributed by atoms with Crippen molar-refractivity contribution < 1.29 is 5.11 Å². The predicted octanol–water partition coefficient (Wildman–Crippen LogP) is 1.35.